The number of ether oxygens (including phenoxy) is 1. The van der Waals surface area contributed by atoms with Gasteiger partial charge in [-0.2, -0.15) is 32.1 Å². The molecule has 10 nitrogen and oxygen atoms in total. The van der Waals surface area contributed by atoms with Gasteiger partial charge in [0.25, 0.3) is 5.91 Å². The fourth-order valence-electron chi connectivity index (χ4n) is 3.40. The third-order valence-electron chi connectivity index (χ3n) is 5.15. The van der Waals surface area contributed by atoms with E-state index < -0.39 is 30.2 Å². The standard InChI is InChI=1S/C23H20F5N7O3S/c1-33(2)18(36)11-34-10-16(31-21(37)15-9-30-35-7-3-6-29-20(15)35)19(32-34)14-8-13(39-12-23(26,27)28)4-5-17(14)38-22(24)25/h3-10,22H,11-12H2,1-2H3,(H,31,37). The Bertz CT molecular complexity index is 1500. The molecule has 4 rings (SSSR count). The van der Waals surface area contributed by atoms with E-state index >= 15 is 0 Å². The molecule has 0 atom stereocenters. The van der Waals surface area contributed by atoms with Crippen molar-refractivity contribution in [3.63, 3.8) is 0 Å². The maximum absolute atomic E-state index is 13.2. The molecule has 206 valence electrons. The SMILES string of the molecule is CN(C)C(=O)Cn1cc(NC(=O)c2cnn3cccnc23)c(-c2cc(SCC(F)(F)F)ccc2OC(F)F)n1. The van der Waals surface area contributed by atoms with E-state index in [9.17, 15) is 31.5 Å². The van der Waals surface area contributed by atoms with Crippen LogP contribution in [0.1, 0.15) is 10.4 Å². The van der Waals surface area contributed by atoms with Crippen molar-refractivity contribution in [2.45, 2.75) is 24.2 Å². The van der Waals surface area contributed by atoms with Crippen molar-refractivity contribution in [1.29, 1.82) is 0 Å². The Labute approximate surface area is 221 Å². The second-order valence-electron chi connectivity index (χ2n) is 8.22. The van der Waals surface area contributed by atoms with Crippen LogP contribution in [0.15, 0.2) is 53.9 Å². The monoisotopic (exact) mass is 569 g/mol. The van der Waals surface area contributed by atoms with E-state index in [1.54, 1.807) is 12.3 Å². The summed E-state index contributed by atoms with van der Waals surface area (Å²) in [6.45, 7) is -3.53. The number of aromatic nitrogens is 5. The summed E-state index contributed by atoms with van der Waals surface area (Å²) in [6.07, 6.45) is 1.14. The van der Waals surface area contributed by atoms with Crippen molar-refractivity contribution in [2.75, 3.05) is 25.2 Å². The summed E-state index contributed by atoms with van der Waals surface area (Å²) >= 11 is 0.434. The molecule has 1 N–H and O–H groups in total. The number of nitrogens with zero attached hydrogens (tertiary/aromatic N) is 6. The molecule has 0 saturated carbocycles. The lowest BCUT2D eigenvalue weighted by Crippen LogP contribution is -2.26. The first-order valence-corrected chi connectivity index (χ1v) is 12.1. The molecule has 0 spiro atoms. The smallest absolute Gasteiger partial charge is 0.398 e. The molecular weight excluding hydrogens is 549 g/mol. The fraction of sp³-hybridized carbons (Fsp3) is 0.261. The molecule has 0 unspecified atom stereocenters. The number of halogens is 5. The lowest BCUT2D eigenvalue weighted by molar-refractivity contribution is -0.129. The number of rotatable bonds is 9. The molecule has 0 saturated heterocycles. The summed E-state index contributed by atoms with van der Waals surface area (Å²) in [5.41, 5.74) is 0.0754. The Morgan fingerprint density at radius 3 is 2.69 bits per heavy atom. The quantitative estimate of drug-likeness (QED) is 0.238. The molecule has 0 radical (unpaired) electrons. The molecule has 0 aliphatic carbocycles. The second kappa shape index (κ2) is 11.3. The first kappa shape index (κ1) is 27.8. The lowest BCUT2D eigenvalue weighted by atomic mass is 10.1. The number of carbonyl (C=O) groups is 2. The zero-order valence-electron chi connectivity index (χ0n) is 20.3. The van der Waals surface area contributed by atoms with Gasteiger partial charge in [0.05, 0.1) is 17.6 Å². The average Bonchev–Trinajstić information content (AvgIpc) is 3.46. The molecule has 3 heterocycles. The van der Waals surface area contributed by atoms with E-state index in [2.05, 4.69) is 25.2 Å². The maximum Gasteiger partial charge on any atom is 0.398 e. The van der Waals surface area contributed by atoms with E-state index in [1.807, 2.05) is 0 Å². The van der Waals surface area contributed by atoms with Gasteiger partial charge in [0.1, 0.15) is 23.6 Å². The first-order chi connectivity index (χ1) is 18.4. The minimum absolute atomic E-state index is 0.0149. The van der Waals surface area contributed by atoms with Gasteiger partial charge < -0.3 is 15.0 Å². The van der Waals surface area contributed by atoms with Gasteiger partial charge >= 0.3 is 12.8 Å². The molecule has 16 heteroatoms. The molecule has 0 aliphatic heterocycles. The Hall–Kier alpha value is -4.21. The van der Waals surface area contributed by atoms with Crippen LogP contribution in [0.5, 0.6) is 5.75 Å². The number of hydrogen-bond acceptors (Lipinski definition) is 7. The number of nitrogens with one attached hydrogen (secondary N) is 1. The summed E-state index contributed by atoms with van der Waals surface area (Å²) < 4.78 is 71.9. The van der Waals surface area contributed by atoms with Crippen molar-refractivity contribution in [3.05, 3.63) is 54.6 Å². The van der Waals surface area contributed by atoms with Gasteiger partial charge in [0.15, 0.2) is 5.65 Å². The van der Waals surface area contributed by atoms with Crippen LogP contribution in [-0.4, -0.2) is 73.7 Å². The zero-order valence-corrected chi connectivity index (χ0v) is 21.1. The highest BCUT2D eigenvalue weighted by Gasteiger charge is 2.28. The third-order valence-corrected chi connectivity index (χ3v) is 6.21. The van der Waals surface area contributed by atoms with Crippen LogP contribution in [0.2, 0.25) is 0 Å². The van der Waals surface area contributed by atoms with E-state index in [1.165, 1.54) is 58.9 Å². The predicted molar refractivity (Wildman–Crippen MR) is 131 cm³/mol. The van der Waals surface area contributed by atoms with E-state index in [4.69, 9.17) is 0 Å². The number of likely N-dealkylation sites (N-methyl/N-ethyl adjacent to an activating group) is 1. The van der Waals surface area contributed by atoms with Gasteiger partial charge in [-0.15, -0.1) is 11.8 Å². The van der Waals surface area contributed by atoms with Crippen molar-refractivity contribution in [1.82, 2.24) is 29.3 Å². The Morgan fingerprint density at radius 1 is 1.23 bits per heavy atom. The van der Waals surface area contributed by atoms with Gasteiger partial charge in [-0.3, -0.25) is 14.3 Å². The van der Waals surface area contributed by atoms with E-state index in [0.29, 0.717) is 11.8 Å². The average molecular weight is 570 g/mol. The topological polar surface area (TPSA) is 107 Å². The van der Waals surface area contributed by atoms with Gasteiger partial charge in [0.2, 0.25) is 5.91 Å². The van der Waals surface area contributed by atoms with Crippen LogP contribution in [-0.2, 0) is 11.3 Å². The molecule has 2 amide bonds. The van der Waals surface area contributed by atoms with Crippen molar-refractivity contribution in [3.8, 4) is 17.0 Å². The first-order valence-electron chi connectivity index (χ1n) is 11.1. The van der Waals surface area contributed by atoms with Crippen LogP contribution in [0.3, 0.4) is 0 Å². The van der Waals surface area contributed by atoms with Crippen LogP contribution < -0.4 is 10.1 Å². The zero-order chi connectivity index (χ0) is 28.3. The van der Waals surface area contributed by atoms with E-state index in [-0.39, 0.29) is 45.5 Å². The normalized spacial score (nSPS) is 11.7. The number of fused-ring (bicyclic) bond motifs is 1. The van der Waals surface area contributed by atoms with Crippen LogP contribution in [0.4, 0.5) is 27.6 Å². The number of alkyl halides is 5. The molecular formula is C23H20F5N7O3S. The molecule has 3 aromatic heterocycles. The number of carbonyl (C=O) groups excluding carboxylic acids is 2. The molecule has 0 fully saturated rings. The Balaban J connectivity index is 1.78. The fourth-order valence-corrected chi connectivity index (χ4v) is 4.09. The van der Waals surface area contributed by atoms with E-state index in [0.717, 1.165) is 6.07 Å². The van der Waals surface area contributed by atoms with Gasteiger partial charge in [0, 0.05) is 43.1 Å². The van der Waals surface area contributed by atoms with Gasteiger partial charge in [-0.05, 0) is 24.3 Å². The minimum Gasteiger partial charge on any atom is -0.434 e. The van der Waals surface area contributed by atoms with Crippen molar-refractivity contribution in [2.24, 2.45) is 0 Å². The number of anilines is 1. The largest absolute Gasteiger partial charge is 0.434 e. The number of benzene rings is 1. The highest BCUT2D eigenvalue weighted by molar-refractivity contribution is 7.99. The van der Waals surface area contributed by atoms with Crippen molar-refractivity contribution < 1.29 is 36.3 Å². The van der Waals surface area contributed by atoms with Crippen molar-refractivity contribution >= 4 is 34.9 Å². The highest BCUT2D eigenvalue weighted by atomic mass is 32.2. The maximum atomic E-state index is 13.2. The predicted octanol–water partition coefficient (Wildman–Crippen LogP) is 4.19. The second-order valence-corrected chi connectivity index (χ2v) is 9.27. The molecule has 1 aromatic carbocycles. The summed E-state index contributed by atoms with van der Waals surface area (Å²) in [6, 6.07) is 5.10. The molecule has 0 aliphatic rings. The third kappa shape index (κ3) is 6.81. The summed E-state index contributed by atoms with van der Waals surface area (Å²) in [5.74, 6) is -2.66. The number of hydrogen-bond donors (Lipinski definition) is 1. The minimum atomic E-state index is -4.47. The van der Waals surface area contributed by atoms with Crippen LogP contribution >= 0.6 is 11.8 Å². The molecule has 4 aromatic rings. The summed E-state index contributed by atoms with van der Waals surface area (Å²) in [4.78, 5) is 31.0. The number of thioether (sulfide) groups is 1. The van der Waals surface area contributed by atoms with Crippen LogP contribution in [0, 0.1) is 0 Å². The number of amides is 2. The molecule has 0 bridgehead atoms. The Morgan fingerprint density at radius 2 is 2.00 bits per heavy atom. The van der Waals surface area contributed by atoms with Gasteiger partial charge in [-0.25, -0.2) is 9.50 Å². The lowest BCUT2D eigenvalue weighted by Gasteiger charge is -2.13. The summed E-state index contributed by atoms with van der Waals surface area (Å²) in [7, 11) is 3.03. The Kier molecular flexibility index (Phi) is 8.03. The highest BCUT2D eigenvalue weighted by Crippen LogP contribution is 2.39. The molecule has 39 heavy (non-hydrogen) atoms. The van der Waals surface area contributed by atoms with Crippen LogP contribution in [0.25, 0.3) is 16.9 Å². The van der Waals surface area contributed by atoms with Gasteiger partial charge in [-0.1, -0.05) is 0 Å². The summed E-state index contributed by atoms with van der Waals surface area (Å²) in [5, 5.41) is 10.9.